The van der Waals surface area contributed by atoms with E-state index in [0.717, 1.165) is 25.7 Å². The minimum absolute atomic E-state index is 0.0279. The van der Waals surface area contributed by atoms with Crippen molar-refractivity contribution in [2.45, 2.75) is 168 Å². The molecule has 0 aromatic carbocycles. The average Bonchev–Trinajstić information content (AvgIpc) is 3.26. The van der Waals surface area contributed by atoms with Crippen LogP contribution < -0.4 is 26.6 Å². The molecule has 1 atom stereocenters. The van der Waals surface area contributed by atoms with Crippen LogP contribution in [0.5, 0.6) is 0 Å². The molecule has 0 aromatic rings. The summed E-state index contributed by atoms with van der Waals surface area (Å²) in [5.74, 6) is -1.04. The van der Waals surface area contributed by atoms with Gasteiger partial charge >= 0.3 is 0 Å². The van der Waals surface area contributed by atoms with Gasteiger partial charge in [-0.2, -0.15) is 0 Å². The number of unbranched alkanes of at least 4 members (excludes halogenated alkanes) is 17. The lowest BCUT2D eigenvalue weighted by Crippen LogP contribution is -2.48. The van der Waals surface area contributed by atoms with Gasteiger partial charge in [0.15, 0.2) is 0 Å². The van der Waals surface area contributed by atoms with Gasteiger partial charge in [-0.15, -0.1) is 0 Å². The quantitative estimate of drug-likeness (QED) is 0.0487. The van der Waals surface area contributed by atoms with Gasteiger partial charge in [0.1, 0.15) is 25.9 Å². The molecule has 0 fully saturated rings. The van der Waals surface area contributed by atoms with Crippen LogP contribution in [0.25, 0.3) is 0 Å². The van der Waals surface area contributed by atoms with Gasteiger partial charge in [-0.1, -0.05) is 117 Å². The van der Waals surface area contributed by atoms with Gasteiger partial charge in [0.25, 0.3) is 0 Å². The molecule has 16 heteroatoms. The topological polar surface area (TPSA) is 212 Å². The monoisotopic (exact) mass is 887 g/mol. The summed E-state index contributed by atoms with van der Waals surface area (Å²) in [4.78, 5) is 61.7. The molecule has 5 amide bonds. The molecule has 0 aliphatic heterocycles. The third-order valence-electron chi connectivity index (χ3n) is 10.0. The summed E-state index contributed by atoms with van der Waals surface area (Å²) in [5, 5.41) is 24.5. The van der Waals surface area contributed by atoms with Gasteiger partial charge in [-0.3, -0.25) is 24.0 Å². The van der Waals surface area contributed by atoms with Gasteiger partial charge in [0.2, 0.25) is 29.5 Å². The summed E-state index contributed by atoms with van der Waals surface area (Å²) in [6, 6.07) is -0.826. The Morgan fingerprint density at radius 3 is 1.27 bits per heavy atom. The Kier molecular flexibility index (Phi) is 45.4. The Morgan fingerprint density at radius 2 is 0.790 bits per heavy atom. The largest absolute Gasteiger partial charge is 0.377 e. The van der Waals surface area contributed by atoms with E-state index < -0.39 is 11.9 Å². The number of carbonyl (C=O) groups excluding carboxylic acids is 5. The van der Waals surface area contributed by atoms with Crippen LogP contribution in [0.3, 0.4) is 0 Å². The number of amides is 5. The summed E-state index contributed by atoms with van der Waals surface area (Å²) in [6.45, 7) is 7.02. The van der Waals surface area contributed by atoms with Crippen molar-refractivity contribution in [1.82, 2.24) is 26.6 Å². The molecule has 0 rings (SSSR count). The van der Waals surface area contributed by atoms with Crippen molar-refractivity contribution in [3.05, 3.63) is 0 Å². The van der Waals surface area contributed by atoms with Crippen LogP contribution in [0.2, 0.25) is 0 Å². The van der Waals surface area contributed by atoms with Crippen LogP contribution in [0.1, 0.15) is 162 Å². The first kappa shape index (κ1) is 59.1. The molecule has 1 unspecified atom stereocenters. The van der Waals surface area contributed by atoms with Crippen molar-refractivity contribution in [3.8, 4) is 0 Å². The highest BCUT2D eigenvalue weighted by Gasteiger charge is 2.20. The molecule has 0 spiro atoms. The van der Waals surface area contributed by atoms with Crippen LogP contribution in [0, 0.1) is 0 Å². The summed E-state index contributed by atoms with van der Waals surface area (Å²) in [7, 11) is 0. The summed E-state index contributed by atoms with van der Waals surface area (Å²) in [6.07, 6.45) is 24.3. The molecule has 363 valence electrons. The van der Waals surface area contributed by atoms with E-state index >= 15 is 0 Å². The van der Waals surface area contributed by atoms with E-state index in [0.29, 0.717) is 71.6 Å². The SMILES string of the molecule is CCCCCCCCCCCC(=O)NCCOCCOCC(=O)NCCCCC(NC(=O)COCCOCCNC(=O)CCCCCCCCCCC)C(=O)NCCOCC[O]. The minimum Gasteiger partial charge on any atom is -0.377 e. The lowest BCUT2D eigenvalue weighted by molar-refractivity contribution is -0.132. The van der Waals surface area contributed by atoms with Crippen LogP contribution in [0.15, 0.2) is 0 Å². The fourth-order valence-electron chi connectivity index (χ4n) is 6.45. The second-order valence-electron chi connectivity index (χ2n) is 15.8. The predicted octanol–water partition coefficient (Wildman–Crippen LogP) is 5.46. The van der Waals surface area contributed by atoms with Crippen molar-refractivity contribution < 1.29 is 52.8 Å². The molecule has 0 saturated heterocycles. The van der Waals surface area contributed by atoms with Gasteiger partial charge < -0.3 is 50.3 Å². The molecule has 0 saturated carbocycles. The zero-order chi connectivity index (χ0) is 45.4. The van der Waals surface area contributed by atoms with Crippen molar-refractivity contribution in [2.75, 3.05) is 98.9 Å². The van der Waals surface area contributed by atoms with Gasteiger partial charge in [0, 0.05) is 39.0 Å². The van der Waals surface area contributed by atoms with Crippen molar-refractivity contribution >= 4 is 29.5 Å². The highest BCUT2D eigenvalue weighted by atomic mass is 16.5. The lowest BCUT2D eigenvalue weighted by atomic mass is 10.1. The van der Waals surface area contributed by atoms with Crippen LogP contribution >= 0.6 is 0 Å². The first-order valence-corrected chi connectivity index (χ1v) is 24.2. The Morgan fingerprint density at radius 1 is 0.387 bits per heavy atom. The van der Waals surface area contributed by atoms with Gasteiger partial charge in [-0.05, 0) is 32.1 Å². The molecule has 0 aromatic heterocycles. The molecule has 16 nitrogen and oxygen atoms in total. The fourth-order valence-corrected chi connectivity index (χ4v) is 6.45. The van der Waals surface area contributed by atoms with E-state index in [9.17, 15) is 29.1 Å². The molecule has 5 N–H and O–H groups in total. The number of nitrogens with one attached hydrogen (secondary N) is 5. The summed E-state index contributed by atoms with van der Waals surface area (Å²) >= 11 is 0. The predicted molar refractivity (Wildman–Crippen MR) is 241 cm³/mol. The maximum absolute atomic E-state index is 12.9. The number of hydrogen-bond donors (Lipinski definition) is 5. The van der Waals surface area contributed by atoms with Crippen molar-refractivity contribution in [1.29, 1.82) is 0 Å². The third kappa shape index (κ3) is 43.7. The third-order valence-corrected chi connectivity index (χ3v) is 10.0. The Hall–Kier alpha value is -2.89. The van der Waals surface area contributed by atoms with E-state index in [2.05, 4.69) is 40.4 Å². The molecule has 0 aliphatic rings. The molecular weight excluding hydrogens is 799 g/mol. The smallest absolute Gasteiger partial charge is 0.246 e. The molecule has 0 heterocycles. The van der Waals surface area contributed by atoms with Crippen molar-refractivity contribution in [2.24, 2.45) is 0 Å². The number of hydrogen-bond acceptors (Lipinski definition) is 10. The Balaban J connectivity index is 4.06. The minimum atomic E-state index is -0.826. The van der Waals surface area contributed by atoms with Crippen molar-refractivity contribution in [3.63, 3.8) is 0 Å². The highest BCUT2D eigenvalue weighted by Crippen LogP contribution is 2.11. The standard InChI is InChI=1S/C46H88N5O11/c1-3-5-7-9-11-13-15-17-19-24-42(53)48-27-31-59-35-37-61-39-44(55)47-26-22-21-23-41(46(57)50-29-33-58-34-30-52)51-45(56)40-62-38-36-60-32-28-49-43(54)25-20-18-16-14-12-10-8-6-4-2/h41H,3-40H2,1-2H3,(H,47,55)(H,48,53)(H,49,54)(H,50,57)(H,51,56). The maximum atomic E-state index is 12.9. The zero-order valence-electron chi connectivity index (χ0n) is 38.9. The molecule has 62 heavy (non-hydrogen) atoms. The van der Waals surface area contributed by atoms with Gasteiger partial charge in [0.05, 0.1) is 52.9 Å². The van der Waals surface area contributed by atoms with Gasteiger partial charge in [-0.25, -0.2) is 5.11 Å². The fraction of sp³-hybridized carbons (Fsp3) is 0.891. The second kappa shape index (κ2) is 47.6. The number of carbonyl (C=O) groups is 5. The number of ether oxygens (including phenoxy) is 5. The lowest BCUT2D eigenvalue weighted by Gasteiger charge is -2.19. The summed E-state index contributed by atoms with van der Waals surface area (Å²) in [5.41, 5.74) is 0. The first-order chi connectivity index (χ1) is 30.3. The van der Waals surface area contributed by atoms with E-state index in [1.807, 2.05) is 0 Å². The molecule has 0 aliphatic carbocycles. The normalized spacial score (nSPS) is 11.6. The van der Waals surface area contributed by atoms with Crippen LogP contribution in [-0.2, 0) is 52.8 Å². The van der Waals surface area contributed by atoms with E-state index in [1.165, 1.54) is 89.9 Å². The number of rotatable bonds is 48. The molecular formula is C46H88N5O11. The average molecular weight is 887 g/mol. The zero-order valence-corrected chi connectivity index (χ0v) is 38.9. The van der Waals surface area contributed by atoms with Crippen LogP contribution in [0.4, 0.5) is 0 Å². The maximum Gasteiger partial charge on any atom is 0.246 e. The molecule has 1 radical (unpaired) electrons. The Bertz CT molecular complexity index is 1070. The van der Waals surface area contributed by atoms with E-state index in [4.69, 9.17) is 23.7 Å². The first-order valence-electron chi connectivity index (χ1n) is 24.2. The highest BCUT2D eigenvalue weighted by molar-refractivity contribution is 5.88. The van der Waals surface area contributed by atoms with E-state index in [1.54, 1.807) is 0 Å². The molecule has 0 bridgehead atoms. The Labute approximate surface area is 374 Å². The van der Waals surface area contributed by atoms with Crippen LogP contribution in [-0.4, -0.2) is 134 Å². The van der Waals surface area contributed by atoms with E-state index in [-0.39, 0.29) is 83.0 Å². The summed E-state index contributed by atoms with van der Waals surface area (Å²) < 4.78 is 26.9. The second-order valence-corrected chi connectivity index (χ2v) is 15.8.